The van der Waals surface area contributed by atoms with Gasteiger partial charge in [0.1, 0.15) is 0 Å². The summed E-state index contributed by atoms with van der Waals surface area (Å²) in [4.78, 5) is 28.2. The Morgan fingerprint density at radius 1 is 1.18 bits per heavy atom. The van der Waals surface area contributed by atoms with Crippen LogP contribution in [-0.4, -0.2) is 60.5 Å². The Bertz CT molecular complexity index is 386. The van der Waals surface area contributed by atoms with Gasteiger partial charge in [-0.1, -0.05) is 0 Å². The van der Waals surface area contributed by atoms with Crippen LogP contribution in [0.1, 0.15) is 39.5 Å². The maximum absolute atomic E-state index is 12.3. The normalized spacial score (nSPS) is 20.6. The third-order valence-electron chi connectivity index (χ3n) is 4.91. The summed E-state index contributed by atoms with van der Waals surface area (Å²) in [7, 11) is 0. The molecule has 1 saturated heterocycles. The molecule has 0 aromatic rings. The van der Waals surface area contributed by atoms with E-state index in [2.05, 4.69) is 5.32 Å². The van der Waals surface area contributed by atoms with Crippen molar-refractivity contribution in [3.63, 3.8) is 0 Å². The lowest BCUT2D eigenvalue weighted by atomic mass is 9.96. The molecule has 126 valence electrons. The minimum absolute atomic E-state index is 0.0205. The van der Waals surface area contributed by atoms with Gasteiger partial charge < -0.3 is 20.9 Å². The monoisotopic (exact) mass is 310 g/mol. The fraction of sp³-hybridized carbons (Fsp3) is 0.875. The molecule has 0 bridgehead atoms. The summed E-state index contributed by atoms with van der Waals surface area (Å²) < 4.78 is 0. The van der Waals surface area contributed by atoms with Gasteiger partial charge in [-0.25, -0.2) is 4.79 Å². The number of urea groups is 1. The van der Waals surface area contributed by atoms with Gasteiger partial charge in [-0.15, -0.1) is 0 Å². The summed E-state index contributed by atoms with van der Waals surface area (Å²) in [5, 5.41) is 2.98. The molecule has 1 atom stereocenters. The fourth-order valence-electron chi connectivity index (χ4n) is 3.08. The van der Waals surface area contributed by atoms with Crippen LogP contribution in [-0.2, 0) is 4.79 Å². The Hall–Kier alpha value is -1.30. The van der Waals surface area contributed by atoms with Gasteiger partial charge in [0.25, 0.3) is 0 Å². The molecule has 3 N–H and O–H groups in total. The molecule has 22 heavy (non-hydrogen) atoms. The summed E-state index contributed by atoms with van der Waals surface area (Å²) >= 11 is 0. The lowest BCUT2D eigenvalue weighted by Gasteiger charge is -2.34. The number of nitrogens with one attached hydrogen (secondary N) is 1. The number of nitrogens with two attached hydrogens (primary N) is 1. The molecule has 6 nitrogen and oxygen atoms in total. The smallest absolute Gasteiger partial charge is 0.319 e. The summed E-state index contributed by atoms with van der Waals surface area (Å²) in [6, 6.07) is 0.202. The molecule has 0 aromatic heterocycles. The molecule has 1 aliphatic heterocycles. The minimum atomic E-state index is 0.0205. The summed E-state index contributed by atoms with van der Waals surface area (Å²) in [6.45, 7) is 7.37. The van der Waals surface area contributed by atoms with Gasteiger partial charge in [0.2, 0.25) is 5.91 Å². The molecule has 3 amide bonds. The number of nitrogens with zero attached hydrogens (tertiary/aromatic N) is 2. The van der Waals surface area contributed by atoms with Gasteiger partial charge in [-0.05, 0) is 45.4 Å². The molecule has 2 fully saturated rings. The quantitative estimate of drug-likeness (QED) is 0.768. The van der Waals surface area contributed by atoms with Crippen LogP contribution in [0.4, 0.5) is 4.79 Å². The number of piperidine rings is 1. The lowest BCUT2D eigenvalue weighted by Crippen LogP contribution is -2.49. The highest BCUT2D eigenvalue weighted by molar-refractivity contribution is 5.79. The third kappa shape index (κ3) is 4.35. The largest absolute Gasteiger partial charge is 0.354 e. The molecular weight excluding hydrogens is 280 g/mol. The molecule has 2 aliphatic rings. The lowest BCUT2D eigenvalue weighted by molar-refractivity contribution is -0.126. The van der Waals surface area contributed by atoms with Crippen molar-refractivity contribution in [2.75, 3.05) is 32.7 Å². The van der Waals surface area contributed by atoms with E-state index in [-0.39, 0.29) is 23.9 Å². The molecule has 1 heterocycles. The van der Waals surface area contributed by atoms with Gasteiger partial charge >= 0.3 is 6.03 Å². The molecule has 1 aliphatic carbocycles. The van der Waals surface area contributed by atoms with Crippen molar-refractivity contribution in [1.82, 2.24) is 15.1 Å². The summed E-state index contributed by atoms with van der Waals surface area (Å²) in [6.07, 6.45) is 3.89. The van der Waals surface area contributed by atoms with Crippen molar-refractivity contribution in [2.45, 2.75) is 45.6 Å². The summed E-state index contributed by atoms with van der Waals surface area (Å²) in [5.41, 5.74) is 6.01. The first-order chi connectivity index (χ1) is 10.6. The molecule has 0 spiro atoms. The SMILES string of the molecule is CCN(CC)C(=O)N1CCC(C(=O)NCC(N)C2CC2)CC1. The molecule has 1 saturated carbocycles. The average molecular weight is 310 g/mol. The van der Waals surface area contributed by atoms with Crippen molar-refractivity contribution in [3.8, 4) is 0 Å². The number of amides is 3. The van der Waals surface area contributed by atoms with E-state index in [9.17, 15) is 9.59 Å². The third-order valence-corrected chi connectivity index (χ3v) is 4.91. The second-order valence-corrected chi connectivity index (χ2v) is 6.46. The van der Waals surface area contributed by atoms with Crippen LogP contribution < -0.4 is 11.1 Å². The van der Waals surface area contributed by atoms with E-state index in [1.54, 1.807) is 0 Å². The van der Waals surface area contributed by atoms with Crippen LogP contribution in [0.25, 0.3) is 0 Å². The minimum Gasteiger partial charge on any atom is -0.354 e. The number of carbonyl (C=O) groups excluding carboxylic acids is 2. The second kappa shape index (κ2) is 7.81. The van der Waals surface area contributed by atoms with E-state index in [1.807, 2.05) is 23.6 Å². The zero-order valence-corrected chi connectivity index (χ0v) is 13.9. The Kier molecular flexibility index (Phi) is 6.06. The van der Waals surface area contributed by atoms with E-state index < -0.39 is 0 Å². The van der Waals surface area contributed by atoms with Crippen LogP contribution in [0.5, 0.6) is 0 Å². The van der Waals surface area contributed by atoms with E-state index in [0.29, 0.717) is 25.6 Å². The van der Waals surface area contributed by atoms with Crippen LogP contribution in [0.15, 0.2) is 0 Å². The van der Waals surface area contributed by atoms with Crippen LogP contribution in [0, 0.1) is 11.8 Å². The molecule has 2 rings (SSSR count). The summed E-state index contributed by atoms with van der Waals surface area (Å²) in [5.74, 6) is 0.729. The van der Waals surface area contributed by atoms with Crippen molar-refractivity contribution in [2.24, 2.45) is 17.6 Å². The molecule has 1 unspecified atom stereocenters. The van der Waals surface area contributed by atoms with E-state index >= 15 is 0 Å². The number of hydrogen-bond acceptors (Lipinski definition) is 3. The van der Waals surface area contributed by atoms with Crippen molar-refractivity contribution >= 4 is 11.9 Å². The number of carbonyl (C=O) groups is 2. The van der Waals surface area contributed by atoms with Gasteiger partial charge in [-0.2, -0.15) is 0 Å². The molecular formula is C16H30N4O2. The van der Waals surface area contributed by atoms with Gasteiger partial charge in [0.05, 0.1) is 0 Å². The topological polar surface area (TPSA) is 78.7 Å². The highest BCUT2D eigenvalue weighted by Crippen LogP contribution is 2.31. The maximum atomic E-state index is 12.3. The predicted octanol–water partition coefficient (Wildman–Crippen LogP) is 1.01. The Balaban J connectivity index is 1.71. The zero-order valence-electron chi connectivity index (χ0n) is 13.9. The average Bonchev–Trinajstić information content (AvgIpc) is 3.38. The fourth-order valence-corrected chi connectivity index (χ4v) is 3.08. The number of likely N-dealkylation sites (tertiary alicyclic amines) is 1. The molecule has 0 radical (unpaired) electrons. The number of rotatable bonds is 6. The Labute approximate surface area is 133 Å². The Morgan fingerprint density at radius 3 is 2.27 bits per heavy atom. The van der Waals surface area contributed by atoms with Crippen molar-refractivity contribution in [3.05, 3.63) is 0 Å². The highest BCUT2D eigenvalue weighted by Gasteiger charge is 2.31. The first-order valence-electron chi connectivity index (χ1n) is 8.63. The second-order valence-electron chi connectivity index (χ2n) is 6.46. The van der Waals surface area contributed by atoms with Crippen LogP contribution >= 0.6 is 0 Å². The molecule has 6 heteroatoms. The maximum Gasteiger partial charge on any atom is 0.319 e. The number of hydrogen-bond donors (Lipinski definition) is 2. The highest BCUT2D eigenvalue weighted by atomic mass is 16.2. The van der Waals surface area contributed by atoms with E-state index in [1.165, 1.54) is 12.8 Å². The van der Waals surface area contributed by atoms with Gasteiger partial charge in [0.15, 0.2) is 0 Å². The first kappa shape index (κ1) is 17.1. The van der Waals surface area contributed by atoms with Crippen LogP contribution in [0.2, 0.25) is 0 Å². The predicted molar refractivity (Wildman–Crippen MR) is 86.3 cm³/mol. The van der Waals surface area contributed by atoms with Crippen LogP contribution in [0.3, 0.4) is 0 Å². The Morgan fingerprint density at radius 2 is 1.77 bits per heavy atom. The standard InChI is InChI=1S/C16H30N4O2/c1-3-19(4-2)16(22)20-9-7-13(8-10-20)15(21)18-11-14(17)12-5-6-12/h12-14H,3-11,17H2,1-2H3,(H,18,21). The van der Waals surface area contributed by atoms with E-state index in [4.69, 9.17) is 5.73 Å². The molecule has 0 aromatic carbocycles. The van der Waals surface area contributed by atoms with Gasteiger partial charge in [0, 0.05) is 44.7 Å². The van der Waals surface area contributed by atoms with Crippen molar-refractivity contribution < 1.29 is 9.59 Å². The van der Waals surface area contributed by atoms with Crippen molar-refractivity contribution in [1.29, 1.82) is 0 Å². The first-order valence-corrected chi connectivity index (χ1v) is 8.63. The van der Waals surface area contributed by atoms with E-state index in [0.717, 1.165) is 25.9 Å². The van der Waals surface area contributed by atoms with Gasteiger partial charge in [-0.3, -0.25) is 4.79 Å². The zero-order chi connectivity index (χ0) is 16.1.